The first-order valence-electron chi connectivity index (χ1n) is 4.76. The molecule has 1 unspecified atom stereocenters. The van der Waals surface area contributed by atoms with Crippen molar-refractivity contribution in [1.29, 1.82) is 0 Å². The van der Waals surface area contributed by atoms with Gasteiger partial charge in [-0.1, -0.05) is 0 Å². The zero-order valence-corrected chi connectivity index (χ0v) is 8.64. The quantitative estimate of drug-likeness (QED) is 0.710. The molecule has 1 fully saturated rings. The Morgan fingerprint density at radius 1 is 1.73 bits per heavy atom. The first kappa shape index (κ1) is 11.8. The van der Waals surface area contributed by atoms with E-state index in [1.165, 1.54) is 4.90 Å². The van der Waals surface area contributed by atoms with E-state index < -0.39 is 12.1 Å². The summed E-state index contributed by atoms with van der Waals surface area (Å²) >= 11 is 0. The zero-order chi connectivity index (χ0) is 11.3. The molecule has 6 nitrogen and oxygen atoms in total. The maximum absolute atomic E-state index is 11.2. The first-order chi connectivity index (χ1) is 7.13. The number of hydrogen-bond acceptors (Lipinski definition) is 4. The average Bonchev–Trinajstić information content (AvgIpc) is 2.18. The number of carboxylic acid groups (broad SMARTS) is 1. The van der Waals surface area contributed by atoms with E-state index in [4.69, 9.17) is 14.6 Å². The van der Waals surface area contributed by atoms with E-state index in [-0.39, 0.29) is 18.9 Å². The third-order valence-corrected chi connectivity index (χ3v) is 2.21. The molecule has 86 valence electrons. The number of carboxylic acids is 1. The molecule has 1 rings (SSSR count). The van der Waals surface area contributed by atoms with Crippen molar-refractivity contribution in [2.45, 2.75) is 6.42 Å². The van der Waals surface area contributed by atoms with E-state index in [1.807, 2.05) is 0 Å². The SMILES string of the molecule is COCCN1CC(CC(=O)O)COC1=O. The molecule has 1 aliphatic rings. The second-order valence-electron chi connectivity index (χ2n) is 3.48. The molecule has 1 amide bonds. The van der Waals surface area contributed by atoms with Gasteiger partial charge >= 0.3 is 12.1 Å². The Labute approximate surface area is 87.8 Å². The van der Waals surface area contributed by atoms with Crippen molar-refractivity contribution in [3.63, 3.8) is 0 Å². The van der Waals surface area contributed by atoms with Crippen LogP contribution in [0.2, 0.25) is 0 Å². The number of methoxy groups -OCH3 is 1. The largest absolute Gasteiger partial charge is 0.481 e. The molecule has 1 atom stereocenters. The van der Waals surface area contributed by atoms with Crippen molar-refractivity contribution in [2.24, 2.45) is 5.92 Å². The number of carbonyl (C=O) groups is 2. The van der Waals surface area contributed by atoms with Gasteiger partial charge in [-0.15, -0.1) is 0 Å². The topological polar surface area (TPSA) is 76.1 Å². The minimum Gasteiger partial charge on any atom is -0.481 e. The fourth-order valence-corrected chi connectivity index (χ4v) is 1.47. The lowest BCUT2D eigenvalue weighted by molar-refractivity contribution is -0.139. The summed E-state index contributed by atoms with van der Waals surface area (Å²) in [6.45, 7) is 1.48. The van der Waals surface area contributed by atoms with Crippen LogP contribution in [0.4, 0.5) is 4.79 Å². The van der Waals surface area contributed by atoms with Gasteiger partial charge in [-0.05, 0) is 0 Å². The van der Waals surface area contributed by atoms with Crippen LogP contribution in [0.3, 0.4) is 0 Å². The summed E-state index contributed by atoms with van der Waals surface area (Å²) in [7, 11) is 1.55. The molecule has 1 heterocycles. The Morgan fingerprint density at radius 2 is 2.47 bits per heavy atom. The van der Waals surface area contributed by atoms with Gasteiger partial charge in [0.2, 0.25) is 0 Å². The average molecular weight is 217 g/mol. The lowest BCUT2D eigenvalue weighted by atomic mass is 10.1. The van der Waals surface area contributed by atoms with E-state index in [9.17, 15) is 9.59 Å². The maximum Gasteiger partial charge on any atom is 0.409 e. The second-order valence-corrected chi connectivity index (χ2v) is 3.48. The number of nitrogens with zero attached hydrogens (tertiary/aromatic N) is 1. The normalized spacial score (nSPS) is 21.3. The smallest absolute Gasteiger partial charge is 0.409 e. The highest BCUT2D eigenvalue weighted by atomic mass is 16.6. The van der Waals surface area contributed by atoms with Crippen LogP contribution in [0, 0.1) is 5.92 Å². The van der Waals surface area contributed by atoms with E-state index in [0.29, 0.717) is 19.7 Å². The van der Waals surface area contributed by atoms with Gasteiger partial charge in [0.05, 0.1) is 19.6 Å². The summed E-state index contributed by atoms with van der Waals surface area (Å²) in [5.41, 5.74) is 0. The molecule has 0 bridgehead atoms. The molecule has 1 saturated heterocycles. The van der Waals surface area contributed by atoms with Gasteiger partial charge in [-0.2, -0.15) is 0 Å². The Kier molecular flexibility index (Phi) is 4.36. The maximum atomic E-state index is 11.2. The number of amides is 1. The third kappa shape index (κ3) is 3.75. The van der Waals surface area contributed by atoms with Gasteiger partial charge < -0.3 is 19.5 Å². The predicted molar refractivity (Wildman–Crippen MR) is 50.5 cm³/mol. The van der Waals surface area contributed by atoms with Gasteiger partial charge in [0, 0.05) is 26.1 Å². The number of carbonyl (C=O) groups excluding carboxylic acids is 1. The summed E-state index contributed by atoms with van der Waals surface area (Å²) in [6.07, 6.45) is -0.370. The molecular weight excluding hydrogens is 202 g/mol. The lowest BCUT2D eigenvalue weighted by Gasteiger charge is -2.31. The molecule has 1 aliphatic heterocycles. The van der Waals surface area contributed by atoms with Crippen LogP contribution in [0.5, 0.6) is 0 Å². The van der Waals surface area contributed by atoms with Crippen LogP contribution in [-0.2, 0) is 14.3 Å². The molecule has 0 spiro atoms. The van der Waals surface area contributed by atoms with Crippen LogP contribution >= 0.6 is 0 Å². The number of cyclic esters (lactones) is 1. The van der Waals surface area contributed by atoms with Crippen molar-refractivity contribution in [2.75, 3.05) is 33.4 Å². The van der Waals surface area contributed by atoms with Crippen molar-refractivity contribution in [1.82, 2.24) is 4.90 Å². The minimum absolute atomic E-state index is 0.0246. The Morgan fingerprint density at radius 3 is 3.07 bits per heavy atom. The monoisotopic (exact) mass is 217 g/mol. The number of aliphatic carboxylic acids is 1. The molecule has 0 aromatic rings. The molecule has 15 heavy (non-hydrogen) atoms. The Hall–Kier alpha value is -1.30. The highest BCUT2D eigenvalue weighted by molar-refractivity contribution is 5.70. The molecule has 6 heteroatoms. The standard InChI is InChI=1S/C9H15NO5/c1-14-3-2-10-5-7(4-8(11)12)6-15-9(10)13/h7H,2-6H2,1H3,(H,11,12). The minimum atomic E-state index is -0.871. The fraction of sp³-hybridized carbons (Fsp3) is 0.778. The molecule has 1 N–H and O–H groups in total. The molecule has 0 saturated carbocycles. The van der Waals surface area contributed by atoms with E-state index in [0.717, 1.165) is 0 Å². The Balaban J connectivity index is 2.40. The van der Waals surface area contributed by atoms with E-state index in [1.54, 1.807) is 7.11 Å². The summed E-state index contributed by atoms with van der Waals surface area (Å²) in [5.74, 6) is -0.998. The molecular formula is C9H15NO5. The predicted octanol–water partition coefficient (Wildman–Crippen LogP) is 0.176. The lowest BCUT2D eigenvalue weighted by Crippen LogP contribution is -2.45. The number of rotatable bonds is 5. The molecule has 0 aliphatic carbocycles. The number of ether oxygens (including phenoxy) is 2. The highest BCUT2D eigenvalue weighted by Crippen LogP contribution is 2.14. The van der Waals surface area contributed by atoms with Gasteiger partial charge in [-0.25, -0.2) is 4.79 Å². The first-order valence-corrected chi connectivity index (χ1v) is 4.76. The van der Waals surface area contributed by atoms with Gasteiger partial charge in [0.15, 0.2) is 0 Å². The highest BCUT2D eigenvalue weighted by Gasteiger charge is 2.28. The second kappa shape index (κ2) is 5.55. The van der Waals surface area contributed by atoms with Gasteiger partial charge in [-0.3, -0.25) is 4.79 Å². The number of hydrogen-bond donors (Lipinski definition) is 1. The zero-order valence-electron chi connectivity index (χ0n) is 8.64. The van der Waals surface area contributed by atoms with E-state index >= 15 is 0 Å². The van der Waals surface area contributed by atoms with Gasteiger partial charge in [0.1, 0.15) is 0 Å². The van der Waals surface area contributed by atoms with Crippen molar-refractivity contribution in [3.05, 3.63) is 0 Å². The third-order valence-electron chi connectivity index (χ3n) is 2.21. The van der Waals surface area contributed by atoms with Crippen LogP contribution in [0.1, 0.15) is 6.42 Å². The summed E-state index contributed by atoms with van der Waals surface area (Å²) in [5, 5.41) is 8.61. The van der Waals surface area contributed by atoms with Crippen molar-refractivity contribution >= 4 is 12.1 Å². The van der Waals surface area contributed by atoms with Crippen LogP contribution < -0.4 is 0 Å². The molecule has 0 aromatic carbocycles. The van der Waals surface area contributed by atoms with E-state index in [2.05, 4.69) is 0 Å². The van der Waals surface area contributed by atoms with Crippen LogP contribution in [0.25, 0.3) is 0 Å². The van der Waals surface area contributed by atoms with Gasteiger partial charge in [0.25, 0.3) is 0 Å². The molecule has 0 aromatic heterocycles. The van der Waals surface area contributed by atoms with Crippen molar-refractivity contribution in [3.8, 4) is 0 Å². The van der Waals surface area contributed by atoms with Crippen molar-refractivity contribution < 1.29 is 24.2 Å². The summed E-state index contributed by atoms with van der Waals surface area (Å²) < 4.78 is 9.71. The van der Waals surface area contributed by atoms with Crippen LogP contribution in [-0.4, -0.2) is 55.5 Å². The Bertz CT molecular complexity index is 243. The summed E-state index contributed by atoms with van der Waals surface area (Å²) in [6, 6.07) is 0. The summed E-state index contributed by atoms with van der Waals surface area (Å²) in [4.78, 5) is 23.2. The van der Waals surface area contributed by atoms with Crippen LogP contribution in [0.15, 0.2) is 0 Å². The fourth-order valence-electron chi connectivity index (χ4n) is 1.47. The molecule has 0 radical (unpaired) electrons.